The average molecular weight is 590 g/mol. The minimum Gasteiger partial charge on any atom is -0.401 e. The van der Waals surface area contributed by atoms with Crippen molar-refractivity contribution in [2.45, 2.75) is 71.1 Å². The number of carbonyl (C=O) groups is 1. The van der Waals surface area contributed by atoms with Gasteiger partial charge in [-0.05, 0) is 93.3 Å². The van der Waals surface area contributed by atoms with Crippen molar-refractivity contribution in [3.63, 3.8) is 0 Å². The third-order valence-electron chi connectivity index (χ3n) is 8.19. The number of anilines is 1. The van der Waals surface area contributed by atoms with Crippen LogP contribution in [0.3, 0.4) is 0 Å². The number of hydrogen-bond donors (Lipinski definition) is 3. The van der Waals surface area contributed by atoms with Gasteiger partial charge in [-0.2, -0.15) is 13.2 Å². The standard InChI is InChI=1S/C27H34F3N5OS.C4H8/c1-17(37-32)25(31)13-19-4-3-5-21(10-19)35-16-23-22(26(35)36)11-20(12-24(23)27(28,29)30)15-34(2)9-7-18-6-8-33-14-18;1-2-4-3-1/h3-5,10-12,18,33H,6-9,13-16,31-32H2,1-2H3;1-4H2/b25-17-;. The van der Waals surface area contributed by atoms with Crippen molar-refractivity contribution in [2.24, 2.45) is 16.8 Å². The predicted octanol–water partition coefficient (Wildman–Crippen LogP) is 6.20. The molecular weight excluding hydrogens is 547 g/mol. The molecule has 1 amide bonds. The van der Waals surface area contributed by atoms with Gasteiger partial charge in [-0.15, -0.1) is 0 Å². The number of nitrogens with zero attached hydrogens (tertiary/aromatic N) is 2. The molecule has 2 aliphatic heterocycles. The van der Waals surface area contributed by atoms with Gasteiger partial charge in [-0.3, -0.25) is 9.93 Å². The van der Waals surface area contributed by atoms with E-state index in [4.69, 9.17) is 10.9 Å². The number of carbonyl (C=O) groups excluding carboxylic acids is 1. The van der Waals surface area contributed by atoms with E-state index in [0.717, 1.165) is 54.9 Å². The van der Waals surface area contributed by atoms with Crippen LogP contribution in [-0.4, -0.2) is 37.5 Å². The number of nitrogens with one attached hydrogen (secondary N) is 1. The Morgan fingerprint density at radius 1 is 1.15 bits per heavy atom. The predicted molar refractivity (Wildman–Crippen MR) is 161 cm³/mol. The van der Waals surface area contributed by atoms with Gasteiger partial charge < -0.3 is 20.9 Å². The summed E-state index contributed by atoms with van der Waals surface area (Å²) in [6, 6.07) is 10.0. The zero-order valence-corrected chi connectivity index (χ0v) is 24.8. The third kappa shape index (κ3) is 8.28. The Hall–Kier alpha value is -2.53. The molecule has 1 saturated carbocycles. The molecule has 2 heterocycles. The summed E-state index contributed by atoms with van der Waals surface area (Å²) < 4.78 is 42.3. The summed E-state index contributed by atoms with van der Waals surface area (Å²) in [5.74, 6) is 0.180. The number of benzene rings is 2. The molecule has 2 fully saturated rings. The van der Waals surface area contributed by atoms with E-state index in [2.05, 4.69) is 5.32 Å². The Kier molecular flexibility index (Phi) is 10.8. The number of rotatable bonds is 9. The molecular formula is C31H42F3N5OS. The highest BCUT2D eigenvalue weighted by Gasteiger charge is 2.40. The Morgan fingerprint density at radius 3 is 2.49 bits per heavy atom. The first-order valence-corrected chi connectivity index (χ1v) is 15.3. The average Bonchev–Trinajstić information content (AvgIpc) is 3.53. The number of alkyl halides is 3. The van der Waals surface area contributed by atoms with Crippen LogP contribution in [0.5, 0.6) is 0 Å². The molecule has 1 aliphatic carbocycles. The summed E-state index contributed by atoms with van der Waals surface area (Å²) >= 11 is 1.07. The molecule has 3 aliphatic rings. The number of fused-ring (bicyclic) bond motifs is 1. The van der Waals surface area contributed by atoms with Gasteiger partial charge >= 0.3 is 6.18 Å². The van der Waals surface area contributed by atoms with Crippen molar-refractivity contribution >= 4 is 23.5 Å². The van der Waals surface area contributed by atoms with E-state index >= 15 is 0 Å². The maximum Gasteiger partial charge on any atom is 0.416 e. The summed E-state index contributed by atoms with van der Waals surface area (Å²) in [5.41, 5.74) is 8.02. The number of halogens is 3. The molecule has 10 heteroatoms. The fourth-order valence-corrected chi connectivity index (χ4v) is 5.50. The van der Waals surface area contributed by atoms with E-state index in [9.17, 15) is 18.0 Å². The SMILES string of the molecule is C/C(SN)=C(/N)Cc1cccc(N2Cc3c(cc(CN(C)CCC4CCNC4)cc3C(F)(F)F)C2=O)c1.C1CCC1. The number of allylic oxidation sites excluding steroid dienone is 2. The van der Waals surface area contributed by atoms with Crippen molar-refractivity contribution in [1.29, 1.82) is 0 Å². The van der Waals surface area contributed by atoms with Gasteiger partial charge in [0.15, 0.2) is 0 Å². The molecule has 1 unspecified atom stereocenters. The summed E-state index contributed by atoms with van der Waals surface area (Å²) in [7, 11) is 1.91. The molecule has 1 atom stereocenters. The second-order valence-corrected chi connectivity index (χ2v) is 12.3. The quantitative estimate of drug-likeness (QED) is 0.302. The highest BCUT2D eigenvalue weighted by molar-refractivity contribution is 8.00. The smallest absolute Gasteiger partial charge is 0.401 e. The van der Waals surface area contributed by atoms with Crippen LogP contribution in [0.1, 0.15) is 78.1 Å². The van der Waals surface area contributed by atoms with Gasteiger partial charge in [0.2, 0.25) is 0 Å². The Labute approximate surface area is 245 Å². The Morgan fingerprint density at radius 2 is 1.88 bits per heavy atom. The monoisotopic (exact) mass is 589 g/mol. The van der Waals surface area contributed by atoms with Gasteiger partial charge in [0.25, 0.3) is 5.91 Å². The summed E-state index contributed by atoms with van der Waals surface area (Å²) in [5, 5.41) is 8.93. The molecule has 2 aromatic rings. The molecule has 2 aromatic carbocycles. The largest absolute Gasteiger partial charge is 0.416 e. The summed E-state index contributed by atoms with van der Waals surface area (Å²) in [6.45, 7) is 4.85. The van der Waals surface area contributed by atoms with Gasteiger partial charge in [0.1, 0.15) is 0 Å². The summed E-state index contributed by atoms with van der Waals surface area (Å²) in [6.07, 6.45) is 4.00. The fraction of sp³-hybridized carbons (Fsp3) is 0.516. The van der Waals surface area contributed by atoms with E-state index in [1.165, 1.54) is 36.6 Å². The lowest BCUT2D eigenvalue weighted by molar-refractivity contribution is -0.138. The van der Waals surface area contributed by atoms with Crippen LogP contribution in [0.25, 0.3) is 0 Å². The number of hydrogen-bond acceptors (Lipinski definition) is 6. The first-order valence-electron chi connectivity index (χ1n) is 14.4. The molecule has 6 nitrogen and oxygen atoms in total. The van der Waals surface area contributed by atoms with Crippen molar-refractivity contribution in [1.82, 2.24) is 10.2 Å². The zero-order chi connectivity index (χ0) is 29.6. The van der Waals surface area contributed by atoms with Crippen molar-refractivity contribution in [3.05, 3.63) is 74.8 Å². The minimum atomic E-state index is -4.55. The lowest BCUT2D eigenvalue weighted by Gasteiger charge is -2.20. The van der Waals surface area contributed by atoms with Crippen LogP contribution in [0.2, 0.25) is 0 Å². The zero-order valence-electron chi connectivity index (χ0n) is 24.0. The van der Waals surface area contributed by atoms with Crippen LogP contribution >= 0.6 is 11.9 Å². The molecule has 224 valence electrons. The van der Waals surface area contributed by atoms with Crippen LogP contribution in [0.15, 0.2) is 47.0 Å². The van der Waals surface area contributed by atoms with Gasteiger partial charge in [0, 0.05) is 34.8 Å². The molecule has 5 N–H and O–H groups in total. The van der Waals surface area contributed by atoms with E-state index in [-0.39, 0.29) is 17.7 Å². The van der Waals surface area contributed by atoms with Crippen LogP contribution in [-0.2, 0) is 25.7 Å². The number of amides is 1. The second kappa shape index (κ2) is 14.1. The lowest BCUT2D eigenvalue weighted by atomic mass is 9.98. The van der Waals surface area contributed by atoms with Crippen LogP contribution in [0, 0.1) is 5.92 Å². The van der Waals surface area contributed by atoms with E-state index < -0.39 is 17.6 Å². The fourth-order valence-electron chi connectivity index (χ4n) is 5.28. The maximum absolute atomic E-state index is 14.1. The van der Waals surface area contributed by atoms with Gasteiger partial charge in [0.05, 0.1) is 12.1 Å². The first-order chi connectivity index (χ1) is 19.6. The second-order valence-electron chi connectivity index (χ2n) is 11.4. The van der Waals surface area contributed by atoms with Gasteiger partial charge in [-0.1, -0.05) is 49.8 Å². The molecule has 0 aromatic heterocycles. The Bertz CT molecular complexity index is 1230. The first kappa shape index (κ1) is 31.4. The lowest BCUT2D eigenvalue weighted by Crippen LogP contribution is -2.23. The molecule has 41 heavy (non-hydrogen) atoms. The van der Waals surface area contributed by atoms with Gasteiger partial charge in [-0.25, -0.2) is 0 Å². The number of nitrogens with two attached hydrogens (primary N) is 2. The molecule has 5 rings (SSSR count). The molecule has 0 bridgehead atoms. The van der Waals surface area contributed by atoms with Crippen LogP contribution in [0.4, 0.5) is 18.9 Å². The molecule has 0 spiro atoms. The van der Waals surface area contributed by atoms with Crippen molar-refractivity contribution in [2.75, 3.05) is 31.6 Å². The summed E-state index contributed by atoms with van der Waals surface area (Å²) in [4.78, 5) is 17.6. The highest BCUT2D eigenvalue weighted by Crippen LogP contribution is 2.40. The maximum atomic E-state index is 14.1. The Balaban J connectivity index is 0.000000890. The highest BCUT2D eigenvalue weighted by atomic mass is 32.2. The van der Waals surface area contributed by atoms with E-state index in [0.29, 0.717) is 35.8 Å². The van der Waals surface area contributed by atoms with Crippen molar-refractivity contribution < 1.29 is 18.0 Å². The topological polar surface area (TPSA) is 87.6 Å². The normalized spacial score (nSPS) is 19.0. The van der Waals surface area contributed by atoms with Crippen LogP contribution < -0.4 is 21.1 Å². The minimum absolute atomic E-state index is 0.0288. The van der Waals surface area contributed by atoms with Crippen molar-refractivity contribution in [3.8, 4) is 0 Å². The molecule has 0 radical (unpaired) electrons. The van der Waals surface area contributed by atoms with E-state index in [1.54, 1.807) is 24.3 Å². The molecule has 1 saturated heterocycles. The third-order valence-corrected chi connectivity index (χ3v) is 8.80. The van der Waals surface area contributed by atoms with E-state index in [1.807, 2.05) is 24.9 Å².